The average molecular weight is 561 g/mol. The molecule has 0 unspecified atom stereocenters. The Morgan fingerprint density at radius 3 is 2.10 bits per heavy atom. The topological polar surface area (TPSA) is 92.6 Å². The molecule has 2 aromatic carbocycles. The molecule has 5 rings (SSSR count). The van der Waals surface area contributed by atoms with Crippen molar-refractivity contribution in [3.05, 3.63) is 83.3 Å². The molecule has 4 aromatic rings. The number of nitrogens with zero attached hydrogens (tertiary/aromatic N) is 5. The van der Waals surface area contributed by atoms with Gasteiger partial charge in [-0.3, -0.25) is 4.90 Å². The van der Waals surface area contributed by atoms with Crippen molar-refractivity contribution < 1.29 is 13.2 Å². The Morgan fingerprint density at radius 1 is 0.875 bits per heavy atom. The third kappa shape index (κ3) is 6.04. The highest BCUT2D eigenvalue weighted by Crippen LogP contribution is 2.33. The van der Waals surface area contributed by atoms with E-state index >= 15 is 0 Å². The van der Waals surface area contributed by atoms with Crippen LogP contribution in [0.15, 0.2) is 65.6 Å². The van der Waals surface area contributed by atoms with E-state index in [1.54, 1.807) is 39.2 Å². The van der Waals surface area contributed by atoms with Crippen LogP contribution in [-0.2, 0) is 16.6 Å². The summed E-state index contributed by atoms with van der Waals surface area (Å²) in [6.45, 7) is 10.7. The van der Waals surface area contributed by atoms with Gasteiger partial charge in [0.1, 0.15) is 5.75 Å². The van der Waals surface area contributed by atoms with E-state index in [1.807, 2.05) is 24.3 Å². The highest BCUT2D eigenvalue weighted by atomic mass is 32.2. The van der Waals surface area contributed by atoms with Crippen LogP contribution in [0.5, 0.6) is 5.75 Å². The SMILES string of the molecule is COc1ccc(-c2c(CN3CCN(C)CC3)cc(C)n2-c2ccc(S(=O)(=O)Nc3nc(C)cc(C)n3)cc2)cc1. The molecule has 1 aliphatic rings. The van der Waals surface area contributed by atoms with Crippen LogP contribution < -0.4 is 9.46 Å². The molecule has 210 valence electrons. The van der Waals surface area contributed by atoms with Crippen LogP contribution in [0.1, 0.15) is 22.6 Å². The summed E-state index contributed by atoms with van der Waals surface area (Å²) in [5.74, 6) is 0.868. The third-order valence-electron chi connectivity index (χ3n) is 7.23. The summed E-state index contributed by atoms with van der Waals surface area (Å²) in [7, 11) is -0.0274. The van der Waals surface area contributed by atoms with Gasteiger partial charge in [0.2, 0.25) is 5.95 Å². The Balaban J connectivity index is 1.50. The number of sulfonamides is 1. The normalized spacial score (nSPS) is 14.8. The maximum Gasteiger partial charge on any atom is 0.264 e. The van der Waals surface area contributed by atoms with Gasteiger partial charge in [-0.1, -0.05) is 0 Å². The number of hydrogen-bond acceptors (Lipinski definition) is 7. The van der Waals surface area contributed by atoms with Crippen molar-refractivity contribution in [2.24, 2.45) is 0 Å². The van der Waals surface area contributed by atoms with Crippen molar-refractivity contribution in [1.29, 1.82) is 0 Å². The molecule has 1 fully saturated rings. The molecule has 40 heavy (non-hydrogen) atoms. The van der Waals surface area contributed by atoms with Crippen molar-refractivity contribution in [2.45, 2.75) is 32.2 Å². The third-order valence-corrected chi connectivity index (χ3v) is 8.57. The van der Waals surface area contributed by atoms with Gasteiger partial charge in [0.25, 0.3) is 10.0 Å². The smallest absolute Gasteiger partial charge is 0.264 e. The Morgan fingerprint density at radius 2 is 1.50 bits per heavy atom. The van der Waals surface area contributed by atoms with E-state index in [0.29, 0.717) is 11.4 Å². The summed E-state index contributed by atoms with van der Waals surface area (Å²) in [4.78, 5) is 13.4. The van der Waals surface area contributed by atoms with Crippen molar-refractivity contribution in [3.8, 4) is 22.7 Å². The molecule has 1 N–H and O–H groups in total. The quantitative estimate of drug-likeness (QED) is 0.341. The second kappa shape index (κ2) is 11.4. The highest BCUT2D eigenvalue weighted by Gasteiger charge is 2.22. The molecule has 0 atom stereocenters. The van der Waals surface area contributed by atoms with Crippen LogP contribution in [0.25, 0.3) is 16.9 Å². The molecule has 9 nitrogen and oxygen atoms in total. The standard InChI is InChI=1S/C30H36N6O3S/c1-21-18-22(2)32-30(31-21)33-40(37,38)28-12-8-26(9-13-28)36-23(3)19-25(20-35-16-14-34(4)15-17-35)29(36)24-6-10-27(39-5)11-7-24/h6-13,18-19H,14-17,20H2,1-5H3,(H,31,32,33). The van der Waals surface area contributed by atoms with Gasteiger partial charge in [0.15, 0.2) is 0 Å². The van der Waals surface area contributed by atoms with Gasteiger partial charge in [0, 0.05) is 55.5 Å². The minimum absolute atomic E-state index is 0.0678. The lowest BCUT2D eigenvalue weighted by Crippen LogP contribution is -2.43. The zero-order valence-electron chi connectivity index (χ0n) is 23.7. The molecule has 0 saturated carbocycles. The average Bonchev–Trinajstić information content (AvgIpc) is 3.24. The van der Waals surface area contributed by atoms with Gasteiger partial charge in [-0.15, -0.1) is 0 Å². The zero-order chi connectivity index (χ0) is 28.4. The van der Waals surface area contributed by atoms with Gasteiger partial charge in [0.05, 0.1) is 17.7 Å². The lowest BCUT2D eigenvalue weighted by molar-refractivity contribution is 0.148. The Bertz CT molecular complexity index is 1570. The minimum atomic E-state index is -3.85. The monoisotopic (exact) mass is 560 g/mol. The number of hydrogen-bond donors (Lipinski definition) is 1. The van der Waals surface area contributed by atoms with Crippen LogP contribution in [0.2, 0.25) is 0 Å². The van der Waals surface area contributed by atoms with E-state index in [0.717, 1.165) is 61.1 Å². The number of methoxy groups -OCH3 is 1. The first-order valence-corrected chi connectivity index (χ1v) is 14.8. The maximum atomic E-state index is 13.1. The maximum absolute atomic E-state index is 13.1. The van der Waals surface area contributed by atoms with Crippen LogP contribution in [0.4, 0.5) is 5.95 Å². The summed E-state index contributed by atoms with van der Waals surface area (Å²) < 4.78 is 36.3. The minimum Gasteiger partial charge on any atom is -0.497 e. The first-order chi connectivity index (χ1) is 19.1. The van der Waals surface area contributed by atoms with Crippen molar-refractivity contribution in [1.82, 2.24) is 24.3 Å². The molecule has 0 aliphatic carbocycles. The molecule has 0 radical (unpaired) electrons. The Kier molecular flexibility index (Phi) is 7.93. The number of nitrogens with one attached hydrogen (secondary N) is 1. The summed E-state index contributed by atoms with van der Waals surface area (Å²) in [5.41, 5.74) is 6.75. The molecule has 10 heteroatoms. The molecule has 0 bridgehead atoms. The molecule has 0 spiro atoms. The molecule has 2 aromatic heterocycles. The number of aryl methyl sites for hydroxylation is 3. The number of benzene rings is 2. The zero-order valence-corrected chi connectivity index (χ0v) is 24.5. The molecule has 3 heterocycles. The number of ether oxygens (including phenoxy) is 1. The number of aromatic nitrogens is 3. The molecule has 1 aliphatic heterocycles. The second-order valence-electron chi connectivity index (χ2n) is 10.4. The first-order valence-electron chi connectivity index (χ1n) is 13.3. The Hall–Kier alpha value is -3.73. The van der Waals surface area contributed by atoms with E-state index in [9.17, 15) is 8.42 Å². The summed E-state index contributed by atoms with van der Waals surface area (Å²) in [6.07, 6.45) is 0. The molecular formula is C30H36N6O3S. The van der Waals surface area contributed by atoms with Crippen LogP contribution in [-0.4, -0.2) is 73.1 Å². The van der Waals surface area contributed by atoms with Gasteiger partial charge in [-0.25, -0.2) is 23.1 Å². The van der Waals surface area contributed by atoms with Gasteiger partial charge in [-0.2, -0.15) is 0 Å². The van der Waals surface area contributed by atoms with Crippen LogP contribution in [0, 0.1) is 20.8 Å². The fourth-order valence-corrected chi connectivity index (χ4v) is 6.14. The van der Waals surface area contributed by atoms with Gasteiger partial charge < -0.3 is 14.2 Å². The molecular weight excluding hydrogens is 524 g/mol. The fourth-order valence-electron chi connectivity index (χ4n) is 5.19. The predicted octanol–water partition coefficient (Wildman–Crippen LogP) is 4.42. The predicted molar refractivity (Wildman–Crippen MR) is 158 cm³/mol. The van der Waals surface area contributed by atoms with Crippen molar-refractivity contribution in [3.63, 3.8) is 0 Å². The lowest BCUT2D eigenvalue weighted by Gasteiger charge is -2.32. The number of anilines is 1. The van der Waals surface area contributed by atoms with Gasteiger partial charge in [-0.05, 0) is 99.6 Å². The van der Waals surface area contributed by atoms with Gasteiger partial charge >= 0.3 is 0 Å². The largest absolute Gasteiger partial charge is 0.497 e. The number of rotatable bonds is 8. The van der Waals surface area contributed by atoms with E-state index in [-0.39, 0.29) is 10.8 Å². The number of likely N-dealkylation sites (N-methyl/N-ethyl adjacent to an activating group) is 1. The summed E-state index contributed by atoms with van der Waals surface area (Å²) in [5, 5.41) is 0. The van der Waals surface area contributed by atoms with E-state index in [4.69, 9.17) is 4.74 Å². The molecule has 1 saturated heterocycles. The Labute approximate surface area is 236 Å². The van der Waals surface area contributed by atoms with Crippen LogP contribution in [0.3, 0.4) is 0 Å². The summed E-state index contributed by atoms with van der Waals surface area (Å²) >= 11 is 0. The highest BCUT2D eigenvalue weighted by molar-refractivity contribution is 7.92. The first kappa shape index (κ1) is 27.8. The number of piperazine rings is 1. The van der Waals surface area contributed by atoms with E-state index in [1.165, 1.54) is 5.56 Å². The van der Waals surface area contributed by atoms with Crippen LogP contribution >= 0.6 is 0 Å². The van der Waals surface area contributed by atoms with E-state index in [2.05, 4.69) is 61.2 Å². The lowest BCUT2D eigenvalue weighted by atomic mass is 10.1. The summed E-state index contributed by atoms with van der Waals surface area (Å²) in [6, 6.07) is 19.1. The van der Waals surface area contributed by atoms with E-state index < -0.39 is 10.0 Å². The van der Waals surface area contributed by atoms with Crippen molar-refractivity contribution >= 4 is 16.0 Å². The fraction of sp³-hybridized carbons (Fsp3) is 0.333. The second-order valence-corrected chi connectivity index (χ2v) is 12.1. The van der Waals surface area contributed by atoms with Crippen molar-refractivity contribution in [2.75, 3.05) is 45.1 Å². The molecule has 0 amide bonds.